The van der Waals surface area contributed by atoms with Gasteiger partial charge in [0.1, 0.15) is 34.9 Å². The number of hydrogen-bond acceptors (Lipinski definition) is 1. The monoisotopic (exact) mass is 318 g/mol. The minimum absolute atomic E-state index is 0.234. The molecule has 116 valence electrons. The molecule has 0 bridgehead atoms. The summed E-state index contributed by atoms with van der Waals surface area (Å²) in [6.45, 7) is 1.87. The van der Waals surface area contributed by atoms with Gasteiger partial charge in [0.15, 0.2) is 0 Å². The Morgan fingerprint density at radius 2 is 1.00 bits per heavy atom. The fourth-order valence-electron chi connectivity index (χ4n) is 1.92. The van der Waals surface area contributed by atoms with Crippen LogP contribution in [0.3, 0.4) is 0 Å². The number of carbonyl (C=O) groups is 1. The molecule has 0 saturated heterocycles. The highest BCUT2D eigenvalue weighted by Crippen LogP contribution is 2.27. The minimum Gasteiger partial charge on any atom is -0.288 e. The average Bonchev–Trinajstić information content (AvgIpc) is 2.42. The van der Waals surface area contributed by atoms with Gasteiger partial charge in [0.05, 0.1) is 11.1 Å². The quantitative estimate of drug-likeness (QED) is 0.594. The standard InChI is InChI=1S/C15H8F6O/c1-5-7(16)3-9(18)11(13(5)20)15(22)12-10(19)4-8(17)6(2)14(12)21/h3-4H,1-2H3. The largest absolute Gasteiger partial charge is 0.288 e. The van der Waals surface area contributed by atoms with Crippen LogP contribution in [-0.4, -0.2) is 5.78 Å². The van der Waals surface area contributed by atoms with Crippen molar-refractivity contribution in [3.05, 3.63) is 69.3 Å². The second-order valence-electron chi connectivity index (χ2n) is 4.64. The van der Waals surface area contributed by atoms with Crippen LogP contribution in [0.25, 0.3) is 0 Å². The zero-order valence-corrected chi connectivity index (χ0v) is 11.3. The molecule has 2 aromatic rings. The summed E-state index contributed by atoms with van der Waals surface area (Å²) < 4.78 is 81.4. The van der Waals surface area contributed by atoms with Crippen molar-refractivity contribution in [3.63, 3.8) is 0 Å². The van der Waals surface area contributed by atoms with Crippen LogP contribution in [0.15, 0.2) is 12.1 Å². The Morgan fingerprint density at radius 3 is 1.32 bits per heavy atom. The summed E-state index contributed by atoms with van der Waals surface area (Å²) in [6, 6.07) is 0.468. The Bertz CT molecular complexity index is 732. The zero-order valence-electron chi connectivity index (χ0n) is 11.3. The summed E-state index contributed by atoms with van der Waals surface area (Å²) in [7, 11) is 0. The molecule has 0 aliphatic heterocycles. The maximum absolute atomic E-state index is 13.9. The van der Waals surface area contributed by atoms with E-state index in [0.717, 1.165) is 13.8 Å². The molecule has 0 amide bonds. The SMILES string of the molecule is Cc1c(F)cc(F)c(C(=O)c2c(F)cc(F)c(C)c2F)c1F. The first-order valence-electron chi connectivity index (χ1n) is 5.99. The third kappa shape index (κ3) is 2.36. The number of hydrogen-bond donors (Lipinski definition) is 0. The lowest BCUT2D eigenvalue weighted by atomic mass is 9.97. The Kier molecular flexibility index (Phi) is 4.00. The molecule has 7 heteroatoms. The van der Waals surface area contributed by atoms with Gasteiger partial charge in [-0.1, -0.05) is 0 Å². The highest BCUT2D eigenvalue weighted by atomic mass is 19.2. The van der Waals surface area contributed by atoms with E-state index in [1.807, 2.05) is 0 Å². The Hall–Kier alpha value is -2.31. The maximum Gasteiger partial charge on any atom is 0.204 e. The first-order chi connectivity index (χ1) is 10.2. The normalized spacial score (nSPS) is 10.9. The van der Waals surface area contributed by atoms with Crippen molar-refractivity contribution in [2.45, 2.75) is 13.8 Å². The molecule has 0 aromatic heterocycles. The highest BCUT2D eigenvalue weighted by Gasteiger charge is 2.29. The van der Waals surface area contributed by atoms with Crippen molar-refractivity contribution in [2.75, 3.05) is 0 Å². The van der Waals surface area contributed by atoms with E-state index < -0.39 is 62.9 Å². The molecule has 0 unspecified atom stereocenters. The van der Waals surface area contributed by atoms with E-state index >= 15 is 0 Å². The minimum atomic E-state index is -1.67. The van der Waals surface area contributed by atoms with Crippen molar-refractivity contribution >= 4 is 5.78 Å². The Labute approximate surface area is 121 Å². The first-order valence-corrected chi connectivity index (χ1v) is 5.99. The van der Waals surface area contributed by atoms with Crippen molar-refractivity contribution < 1.29 is 31.1 Å². The predicted molar refractivity (Wildman–Crippen MR) is 65.5 cm³/mol. The second-order valence-corrected chi connectivity index (χ2v) is 4.64. The van der Waals surface area contributed by atoms with E-state index in [1.165, 1.54) is 0 Å². The molecule has 0 saturated carbocycles. The number of rotatable bonds is 2. The Morgan fingerprint density at radius 1 is 0.682 bits per heavy atom. The van der Waals surface area contributed by atoms with Crippen molar-refractivity contribution in [2.24, 2.45) is 0 Å². The van der Waals surface area contributed by atoms with E-state index in [2.05, 4.69) is 0 Å². The van der Waals surface area contributed by atoms with Crippen LogP contribution in [0.4, 0.5) is 26.3 Å². The van der Waals surface area contributed by atoms with Gasteiger partial charge in [0.2, 0.25) is 5.78 Å². The molecule has 0 N–H and O–H groups in total. The van der Waals surface area contributed by atoms with E-state index in [4.69, 9.17) is 0 Å². The second kappa shape index (κ2) is 5.47. The molecular formula is C15H8F6O. The molecule has 0 aliphatic rings. The lowest BCUT2D eigenvalue weighted by molar-refractivity contribution is 0.102. The molecular weight excluding hydrogens is 310 g/mol. The lowest BCUT2D eigenvalue weighted by Gasteiger charge is -2.10. The fourth-order valence-corrected chi connectivity index (χ4v) is 1.92. The number of benzene rings is 2. The molecule has 0 heterocycles. The predicted octanol–water partition coefficient (Wildman–Crippen LogP) is 4.37. The van der Waals surface area contributed by atoms with Gasteiger partial charge in [-0.3, -0.25) is 4.79 Å². The van der Waals surface area contributed by atoms with Gasteiger partial charge in [0, 0.05) is 23.3 Å². The number of halogens is 6. The molecule has 0 fully saturated rings. The molecule has 0 aliphatic carbocycles. The molecule has 2 aromatic carbocycles. The number of carbonyl (C=O) groups excluding carboxylic acids is 1. The van der Waals surface area contributed by atoms with Crippen molar-refractivity contribution in [3.8, 4) is 0 Å². The fraction of sp³-hybridized carbons (Fsp3) is 0.133. The third-order valence-corrected chi connectivity index (χ3v) is 3.25. The topological polar surface area (TPSA) is 17.1 Å². The Balaban J connectivity index is 2.75. The first kappa shape index (κ1) is 16.1. The summed E-state index contributed by atoms with van der Waals surface area (Å²) in [5.41, 5.74) is -3.96. The van der Waals surface area contributed by atoms with E-state index in [9.17, 15) is 31.1 Å². The molecule has 22 heavy (non-hydrogen) atoms. The van der Waals surface area contributed by atoms with E-state index in [1.54, 1.807) is 0 Å². The van der Waals surface area contributed by atoms with Crippen molar-refractivity contribution in [1.29, 1.82) is 0 Å². The molecule has 0 atom stereocenters. The zero-order chi connectivity index (χ0) is 16.8. The van der Waals surface area contributed by atoms with Crippen LogP contribution in [0.2, 0.25) is 0 Å². The maximum atomic E-state index is 13.9. The summed E-state index contributed by atoms with van der Waals surface area (Å²) in [6.07, 6.45) is 0. The lowest BCUT2D eigenvalue weighted by Crippen LogP contribution is -2.15. The summed E-state index contributed by atoms with van der Waals surface area (Å²) in [4.78, 5) is 12.1. The summed E-state index contributed by atoms with van der Waals surface area (Å²) >= 11 is 0. The van der Waals surface area contributed by atoms with Gasteiger partial charge >= 0.3 is 0 Å². The summed E-state index contributed by atoms with van der Waals surface area (Å²) in [5.74, 6) is -10.5. The molecule has 0 spiro atoms. The van der Waals surface area contributed by atoms with Crippen molar-refractivity contribution in [1.82, 2.24) is 0 Å². The molecule has 2 rings (SSSR count). The third-order valence-electron chi connectivity index (χ3n) is 3.25. The van der Waals surface area contributed by atoms with Gasteiger partial charge < -0.3 is 0 Å². The highest BCUT2D eigenvalue weighted by molar-refractivity contribution is 6.10. The van der Waals surface area contributed by atoms with Crippen LogP contribution in [0.1, 0.15) is 27.0 Å². The average molecular weight is 318 g/mol. The van der Waals surface area contributed by atoms with Gasteiger partial charge in [-0.05, 0) is 13.8 Å². The van der Waals surface area contributed by atoms with Crippen LogP contribution in [0, 0.1) is 48.8 Å². The van der Waals surface area contributed by atoms with Crippen LogP contribution in [0.5, 0.6) is 0 Å². The van der Waals surface area contributed by atoms with Gasteiger partial charge in [-0.25, -0.2) is 26.3 Å². The number of ketones is 1. The van der Waals surface area contributed by atoms with Crippen LogP contribution < -0.4 is 0 Å². The van der Waals surface area contributed by atoms with Gasteiger partial charge in [-0.2, -0.15) is 0 Å². The van der Waals surface area contributed by atoms with Crippen LogP contribution >= 0.6 is 0 Å². The van der Waals surface area contributed by atoms with Gasteiger partial charge in [-0.15, -0.1) is 0 Å². The van der Waals surface area contributed by atoms with Crippen LogP contribution in [-0.2, 0) is 0 Å². The summed E-state index contributed by atoms with van der Waals surface area (Å²) in [5, 5.41) is 0. The van der Waals surface area contributed by atoms with E-state index in [-0.39, 0.29) is 12.1 Å². The van der Waals surface area contributed by atoms with Gasteiger partial charge in [0.25, 0.3) is 0 Å². The van der Waals surface area contributed by atoms with E-state index in [0.29, 0.717) is 0 Å². The molecule has 1 nitrogen and oxygen atoms in total. The molecule has 0 radical (unpaired) electrons. The smallest absolute Gasteiger partial charge is 0.204 e.